The second-order valence-corrected chi connectivity index (χ2v) is 3.39. The molecule has 1 aliphatic carbocycles. The van der Waals surface area contributed by atoms with E-state index in [1.807, 2.05) is 0 Å². The number of nitrogens with one attached hydrogen (secondary N) is 2. The van der Waals surface area contributed by atoms with Gasteiger partial charge in [0.1, 0.15) is 5.82 Å². The van der Waals surface area contributed by atoms with Crippen molar-refractivity contribution in [3.05, 3.63) is 18.2 Å². The van der Waals surface area contributed by atoms with Crippen LogP contribution in [0.4, 0.5) is 10.5 Å². The molecule has 1 heterocycles. The first-order chi connectivity index (χ1) is 6.74. The molecule has 0 spiro atoms. The van der Waals surface area contributed by atoms with E-state index in [0.717, 1.165) is 12.8 Å². The molecule has 1 aromatic heterocycles. The highest BCUT2D eigenvalue weighted by atomic mass is 16.2. The molecule has 5 nitrogen and oxygen atoms in total. The molecule has 2 N–H and O–H groups in total. The smallest absolute Gasteiger partial charge is 0.319 e. The van der Waals surface area contributed by atoms with Crippen LogP contribution in [0.5, 0.6) is 0 Å². The fourth-order valence-corrected chi connectivity index (χ4v) is 1.04. The van der Waals surface area contributed by atoms with E-state index in [9.17, 15) is 4.79 Å². The van der Waals surface area contributed by atoms with Gasteiger partial charge in [0.25, 0.3) is 0 Å². The predicted octanol–water partition coefficient (Wildman–Crippen LogP) is 1.07. The van der Waals surface area contributed by atoms with Gasteiger partial charge in [-0.05, 0) is 19.8 Å². The van der Waals surface area contributed by atoms with Crippen molar-refractivity contribution in [2.75, 3.05) is 5.32 Å². The minimum absolute atomic E-state index is 0.181. The van der Waals surface area contributed by atoms with E-state index in [4.69, 9.17) is 0 Å². The molecule has 1 saturated carbocycles. The molecule has 0 atom stereocenters. The molecule has 1 aliphatic rings. The van der Waals surface area contributed by atoms with Crippen LogP contribution in [0.3, 0.4) is 0 Å². The molecular weight excluding hydrogens is 180 g/mol. The zero-order valence-electron chi connectivity index (χ0n) is 7.95. The molecule has 74 valence electrons. The molecule has 2 amide bonds. The summed E-state index contributed by atoms with van der Waals surface area (Å²) in [6, 6.07) is 0.182. The topological polar surface area (TPSA) is 66.9 Å². The van der Waals surface area contributed by atoms with E-state index in [2.05, 4.69) is 20.6 Å². The van der Waals surface area contributed by atoms with Gasteiger partial charge >= 0.3 is 6.03 Å². The number of urea groups is 1. The first kappa shape index (κ1) is 8.93. The first-order valence-corrected chi connectivity index (χ1v) is 4.60. The Kier molecular flexibility index (Phi) is 2.30. The molecular formula is C9H12N4O. The number of hydrogen-bond acceptors (Lipinski definition) is 3. The Morgan fingerprint density at radius 1 is 1.43 bits per heavy atom. The van der Waals surface area contributed by atoms with Gasteiger partial charge in [-0.2, -0.15) is 0 Å². The summed E-state index contributed by atoms with van der Waals surface area (Å²) in [4.78, 5) is 19.2. The summed E-state index contributed by atoms with van der Waals surface area (Å²) in [5.74, 6) is 0.693. The predicted molar refractivity (Wildman–Crippen MR) is 51.9 cm³/mol. The van der Waals surface area contributed by atoms with Crippen molar-refractivity contribution in [1.82, 2.24) is 15.3 Å². The number of carbonyl (C=O) groups is 1. The quantitative estimate of drug-likeness (QED) is 0.736. The normalized spacial score (nSPS) is 14.9. The number of anilines is 1. The molecule has 2 rings (SSSR count). The fourth-order valence-electron chi connectivity index (χ4n) is 1.04. The van der Waals surface area contributed by atoms with Crippen molar-refractivity contribution < 1.29 is 4.79 Å². The third-order valence-electron chi connectivity index (χ3n) is 1.95. The van der Waals surface area contributed by atoms with Crippen molar-refractivity contribution in [2.24, 2.45) is 0 Å². The lowest BCUT2D eigenvalue weighted by Crippen LogP contribution is -2.30. The Morgan fingerprint density at radius 3 is 2.64 bits per heavy atom. The number of rotatable bonds is 2. The summed E-state index contributed by atoms with van der Waals surface area (Å²) in [5.41, 5.74) is 0.619. The number of aryl methyl sites for hydroxylation is 1. The van der Waals surface area contributed by atoms with E-state index >= 15 is 0 Å². The molecule has 1 aromatic rings. The number of amides is 2. The summed E-state index contributed by atoms with van der Waals surface area (Å²) in [6.45, 7) is 1.80. The Bertz CT molecular complexity index is 331. The molecule has 0 saturated heterocycles. The summed E-state index contributed by atoms with van der Waals surface area (Å²) < 4.78 is 0. The Morgan fingerprint density at radius 2 is 2.07 bits per heavy atom. The molecule has 0 bridgehead atoms. The number of hydrogen-bond donors (Lipinski definition) is 2. The third-order valence-corrected chi connectivity index (χ3v) is 1.95. The summed E-state index contributed by atoms with van der Waals surface area (Å²) in [7, 11) is 0. The van der Waals surface area contributed by atoms with Gasteiger partial charge in [0, 0.05) is 6.04 Å². The monoisotopic (exact) mass is 192 g/mol. The molecule has 0 aliphatic heterocycles. The van der Waals surface area contributed by atoms with Crippen molar-refractivity contribution in [2.45, 2.75) is 25.8 Å². The number of carbonyl (C=O) groups excluding carboxylic acids is 1. The minimum Gasteiger partial charge on any atom is -0.335 e. The fraction of sp³-hybridized carbons (Fsp3) is 0.444. The van der Waals surface area contributed by atoms with Crippen LogP contribution in [0.25, 0.3) is 0 Å². The lowest BCUT2D eigenvalue weighted by atomic mass is 10.5. The Balaban J connectivity index is 1.89. The molecule has 5 heteroatoms. The average molecular weight is 192 g/mol. The number of aromatic nitrogens is 2. The molecule has 1 fully saturated rings. The van der Waals surface area contributed by atoms with E-state index < -0.39 is 0 Å². The Hall–Kier alpha value is -1.65. The van der Waals surface area contributed by atoms with E-state index in [0.29, 0.717) is 17.6 Å². The van der Waals surface area contributed by atoms with Gasteiger partial charge in [-0.15, -0.1) is 0 Å². The van der Waals surface area contributed by atoms with Crippen LogP contribution in [-0.2, 0) is 0 Å². The highest BCUT2D eigenvalue weighted by Gasteiger charge is 2.23. The second kappa shape index (κ2) is 3.61. The maximum atomic E-state index is 11.3. The minimum atomic E-state index is -0.181. The van der Waals surface area contributed by atoms with Gasteiger partial charge in [-0.3, -0.25) is 0 Å². The highest BCUT2D eigenvalue weighted by Crippen LogP contribution is 2.18. The van der Waals surface area contributed by atoms with Crippen molar-refractivity contribution in [3.63, 3.8) is 0 Å². The first-order valence-electron chi connectivity index (χ1n) is 4.60. The summed E-state index contributed by atoms with van der Waals surface area (Å²) in [6.07, 6.45) is 5.35. The molecule has 0 unspecified atom stereocenters. The second-order valence-electron chi connectivity index (χ2n) is 3.39. The van der Waals surface area contributed by atoms with Gasteiger partial charge in [-0.25, -0.2) is 14.8 Å². The lowest BCUT2D eigenvalue weighted by molar-refractivity contribution is 0.251. The van der Waals surface area contributed by atoms with E-state index in [1.165, 1.54) is 0 Å². The van der Waals surface area contributed by atoms with E-state index in [-0.39, 0.29) is 6.03 Å². The maximum absolute atomic E-state index is 11.3. The summed E-state index contributed by atoms with van der Waals surface area (Å²) in [5, 5.41) is 5.48. The van der Waals surface area contributed by atoms with Crippen LogP contribution in [0.1, 0.15) is 18.7 Å². The van der Waals surface area contributed by atoms with Gasteiger partial charge in [-0.1, -0.05) is 0 Å². The van der Waals surface area contributed by atoms with Crippen LogP contribution in [-0.4, -0.2) is 22.0 Å². The largest absolute Gasteiger partial charge is 0.335 e. The van der Waals surface area contributed by atoms with Crippen LogP contribution < -0.4 is 10.6 Å². The third kappa shape index (κ3) is 2.42. The van der Waals surface area contributed by atoms with Crippen molar-refractivity contribution >= 4 is 11.7 Å². The highest BCUT2D eigenvalue weighted by molar-refractivity contribution is 5.89. The van der Waals surface area contributed by atoms with Gasteiger partial charge in [0.2, 0.25) is 0 Å². The van der Waals surface area contributed by atoms with Gasteiger partial charge in [0.05, 0.1) is 18.1 Å². The van der Waals surface area contributed by atoms with Crippen LogP contribution >= 0.6 is 0 Å². The SMILES string of the molecule is Cc1ncc(NC(=O)NC2CC2)cn1. The van der Waals surface area contributed by atoms with Crippen molar-refractivity contribution in [3.8, 4) is 0 Å². The van der Waals surface area contributed by atoms with Gasteiger partial charge < -0.3 is 10.6 Å². The van der Waals surface area contributed by atoms with Crippen molar-refractivity contribution in [1.29, 1.82) is 0 Å². The van der Waals surface area contributed by atoms with Crippen LogP contribution in [0, 0.1) is 6.92 Å². The zero-order chi connectivity index (χ0) is 9.97. The zero-order valence-corrected chi connectivity index (χ0v) is 7.95. The average Bonchev–Trinajstić information content (AvgIpc) is 2.93. The van der Waals surface area contributed by atoms with Gasteiger partial charge in [0.15, 0.2) is 0 Å². The van der Waals surface area contributed by atoms with Crippen LogP contribution in [0.15, 0.2) is 12.4 Å². The summed E-state index contributed by atoms with van der Waals surface area (Å²) >= 11 is 0. The lowest BCUT2D eigenvalue weighted by Gasteiger charge is -2.05. The standard InChI is InChI=1S/C9H12N4O/c1-6-10-4-8(5-11-6)13-9(14)12-7-2-3-7/h4-5,7H,2-3H2,1H3,(H2,12,13,14). The number of nitrogens with zero attached hydrogens (tertiary/aromatic N) is 2. The molecule has 0 radical (unpaired) electrons. The molecule has 14 heavy (non-hydrogen) atoms. The van der Waals surface area contributed by atoms with E-state index in [1.54, 1.807) is 19.3 Å². The molecule has 0 aromatic carbocycles. The maximum Gasteiger partial charge on any atom is 0.319 e. The van der Waals surface area contributed by atoms with Crippen LogP contribution in [0.2, 0.25) is 0 Å². The Labute approximate surface area is 82.0 Å².